The summed E-state index contributed by atoms with van der Waals surface area (Å²) in [6, 6.07) is 6.81. The minimum Gasteiger partial charge on any atom is -0.494 e. The number of ether oxygens (including phenoxy) is 1. The quantitative estimate of drug-likeness (QED) is 0.673. The molecule has 0 aliphatic rings. The van der Waals surface area contributed by atoms with Crippen LogP contribution in [0.5, 0.6) is 5.75 Å². The molecule has 0 amide bonds. The van der Waals surface area contributed by atoms with Gasteiger partial charge < -0.3 is 4.74 Å². The van der Waals surface area contributed by atoms with Gasteiger partial charge in [-0.25, -0.2) is 5.10 Å². The maximum Gasteiger partial charge on any atom is 0.453 e. The summed E-state index contributed by atoms with van der Waals surface area (Å²) in [6.45, 7) is 2.60. The van der Waals surface area contributed by atoms with Gasteiger partial charge in [-0.3, -0.25) is 0 Å². The number of H-pyrrole nitrogens is 1. The van der Waals surface area contributed by atoms with E-state index >= 15 is 0 Å². The molecule has 1 aromatic heterocycles. The number of aromatic nitrogens is 3. The summed E-state index contributed by atoms with van der Waals surface area (Å²) in [4.78, 5) is 0. The normalized spacial score (nSPS) is 12.0. The average Bonchev–Trinajstić information content (AvgIpc) is 2.85. The van der Waals surface area contributed by atoms with Crippen molar-refractivity contribution in [2.45, 2.75) is 19.5 Å². The molecule has 0 bridgehead atoms. The molecule has 9 heteroatoms. The van der Waals surface area contributed by atoms with Crippen molar-refractivity contribution in [3.63, 3.8) is 0 Å². The van der Waals surface area contributed by atoms with Crippen molar-refractivity contribution >= 4 is 18.4 Å². The molecule has 0 spiro atoms. The van der Waals surface area contributed by atoms with Gasteiger partial charge in [0.05, 0.1) is 12.8 Å². The first-order chi connectivity index (χ1) is 10.4. The van der Waals surface area contributed by atoms with Gasteiger partial charge in [0.25, 0.3) is 5.82 Å². The molecular formula is C13H13F3N4OS. The molecule has 1 aromatic carbocycles. The predicted molar refractivity (Wildman–Crippen MR) is 77.6 cm³/mol. The van der Waals surface area contributed by atoms with Crippen LogP contribution in [0.4, 0.5) is 13.2 Å². The smallest absolute Gasteiger partial charge is 0.453 e. The summed E-state index contributed by atoms with van der Waals surface area (Å²) in [5.74, 6) is -0.508. The van der Waals surface area contributed by atoms with Crippen LogP contribution >= 0.6 is 12.2 Å². The Balaban J connectivity index is 2.19. The van der Waals surface area contributed by atoms with Crippen LogP contribution in [0.3, 0.4) is 0 Å². The van der Waals surface area contributed by atoms with E-state index in [2.05, 4.69) is 15.3 Å². The number of halogens is 3. The monoisotopic (exact) mass is 330 g/mol. The molecule has 1 N–H and O–H groups in total. The molecule has 0 aliphatic heterocycles. The lowest BCUT2D eigenvalue weighted by molar-refractivity contribution is -0.147. The van der Waals surface area contributed by atoms with E-state index in [1.54, 1.807) is 24.3 Å². The number of hydrogen-bond donors (Lipinski definition) is 1. The molecule has 2 aromatic rings. The van der Waals surface area contributed by atoms with Crippen molar-refractivity contribution in [2.24, 2.45) is 5.10 Å². The van der Waals surface area contributed by atoms with Crippen LogP contribution in [-0.4, -0.2) is 27.7 Å². The first-order valence-corrected chi connectivity index (χ1v) is 6.84. The van der Waals surface area contributed by atoms with Gasteiger partial charge in [0.15, 0.2) is 0 Å². The molecule has 22 heavy (non-hydrogen) atoms. The van der Waals surface area contributed by atoms with E-state index in [0.717, 1.165) is 6.42 Å². The van der Waals surface area contributed by atoms with Gasteiger partial charge in [-0.2, -0.15) is 22.9 Å². The third kappa shape index (κ3) is 3.94. The molecule has 0 atom stereocenters. The zero-order valence-electron chi connectivity index (χ0n) is 11.6. The lowest BCUT2D eigenvalue weighted by atomic mass is 10.2. The summed E-state index contributed by atoms with van der Waals surface area (Å²) in [6.07, 6.45) is -2.48. The average molecular weight is 330 g/mol. The Morgan fingerprint density at radius 1 is 1.36 bits per heavy atom. The summed E-state index contributed by atoms with van der Waals surface area (Å²) < 4.78 is 43.9. The van der Waals surface area contributed by atoms with Crippen LogP contribution in [0.15, 0.2) is 29.4 Å². The number of aromatic amines is 1. The number of rotatable bonds is 5. The van der Waals surface area contributed by atoms with Crippen molar-refractivity contribution in [3.05, 3.63) is 40.4 Å². The van der Waals surface area contributed by atoms with Crippen LogP contribution in [-0.2, 0) is 6.18 Å². The predicted octanol–water partition coefficient (Wildman–Crippen LogP) is 3.63. The van der Waals surface area contributed by atoms with Gasteiger partial charge in [-0.15, -0.1) is 5.10 Å². The van der Waals surface area contributed by atoms with Crippen molar-refractivity contribution in [1.82, 2.24) is 14.9 Å². The van der Waals surface area contributed by atoms with E-state index in [0.29, 0.717) is 22.6 Å². The molecule has 0 unspecified atom stereocenters. The van der Waals surface area contributed by atoms with Crippen molar-refractivity contribution in [3.8, 4) is 5.75 Å². The summed E-state index contributed by atoms with van der Waals surface area (Å²) in [5, 5.41) is 8.94. The number of nitrogens with one attached hydrogen (secondary N) is 1. The minimum atomic E-state index is -4.64. The van der Waals surface area contributed by atoms with Gasteiger partial charge in [0.1, 0.15) is 5.75 Å². The Labute approximate surface area is 129 Å². The molecular weight excluding hydrogens is 317 g/mol. The lowest BCUT2D eigenvalue weighted by Crippen LogP contribution is -2.12. The first kappa shape index (κ1) is 16.2. The third-order valence-electron chi connectivity index (χ3n) is 2.58. The van der Waals surface area contributed by atoms with Gasteiger partial charge in [0, 0.05) is 0 Å². The van der Waals surface area contributed by atoms with Crippen molar-refractivity contribution in [2.75, 3.05) is 6.61 Å². The van der Waals surface area contributed by atoms with Gasteiger partial charge in [0.2, 0.25) is 4.77 Å². The number of alkyl halides is 3. The standard InChI is InChI=1S/C13H13F3N4OS/c1-2-7-21-10-5-3-9(4-6-10)8-17-20-11(13(14,15)16)18-19-12(20)22/h3-6,8H,2,7H2,1H3,(H,19,22)/b17-8-. The van der Waals surface area contributed by atoms with E-state index in [9.17, 15) is 13.2 Å². The Morgan fingerprint density at radius 3 is 2.64 bits per heavy atom. The maximum absolute atomic E-state index is 12.7. The molecule has 0 fully saturated rings. The van der Waals surface area contributed by atoms with Crippen LogP contribution in [0.2, 0.25) is 0 Å². The van der Waals surface area contributed by atoms with Crippen LogP contribution in [0.25, 0.3) is 0 Å². The number of hydrogen-bond acceptors (Lipinski definition) is 4. The molecule has 1 heterocycles. The van der Waals surface area contributed by atoms with E-state index in [-0.39, 0.29) is 4.77 Å². The lowest BCUT2D eigenvalue weighted by Gasteiger charge is -2.05. The van der Waals surface area contributed by atoms with Crippen molar-refractivity contribution < 1.29 is 17.9 Å². The Bertz CT molecular complexity index is 703. The highest BCUT2D eigenvalue weighted by molar-refractivity contribution is 7.71. The Kier molecular flexibility index (Phi) is 4.96. The van der Waals surface area contributed by atoms with Gasteiger partial charge >= 0.3 is 6.18 Å². The molecule has 0 radical (unpaired) electrons. The fourth-order valence-electron chi connectivity index (χ4n) is 1.58. The number of benzene rings is 1. The van der Waals surface area contributed by atoms with Gasteiger partial charge in [-0.1, -0.05) is 6.92 Å². The molecule has 0 saturated heterocycles. The zero-order chi connectivity index (χ0) is 16.2. The summed E-state index contributed by atoms with van der Waals surface area (Å²) in [5.41, 5.74) is 0.611. The fraction of sp³-hybridized carbons (Fsp3) is 0.308. The van der Waals surface area contributed by atoms with Crippen LogP contribution in [0, 0.1) is 4.77 Å². The second kappa shape index (κ2) is 6.73. The minimum absolute atomic E-state index is 0.230. The first-order valence-electron chi connectivity index (χ1n) is 6.43. The molecule has 0 saturated carbocycles. The van der Waals surface area contributed by atoms with Gasteiger partial charge in [-0.05, 0) is 48.5 Å². The Hall–Kier alpha value is -2.16. The molecule has 2 rings (SSSR count). The largest absolute Gasteiger partial charge is 0.494 e. The van der Waals surface area contributed by atoms with Crippen LogP contribution < -0.4 is 4.74 Å². The highest BCUT2D eigenvalue weighted by atomic mass is 32.1. The SMILES string of the molecule is CCCOc1ccc(/C=N\n2c(C(F)(F)F)n[nH]c2=S)cc1. The third-order valence-corrected chi connectivity index (χ3v) is 2.84. The topological polar surface area (TPSA) is 55.2 Å². The van der Waals surface area contributed by atoms with E-state index < -0.39 is 12.0 Å². The summed E-state index contributed by atoms with van der Waals surface area (Å²) in [7, 11) is 0. The van der Waals surface area contributed by atoms with Crippen molar-refractivity contribution in [1.29, 1.82) is 0 Å². The second-order valence-electron chi connectivity index (χ2n) is 4.32. The van der Waals surface area contributed by atoms with E-state index in [1.165, 1.54) is 6.21 Å². The fourth-order valence-corrected chi connectivity index (χ4v) is 1.76. The molecule has 118 valence electrons. The Morgan fingerprint density at radius 2 is 2.05 bits per heavy atom. The van der Waals surface area contributed by atoms with Crippen LogP contribution in [0.1, 0.15) is 24.7 Å². The highest BCUT2D eigenvalue weighted by Crippen LogP contribution is 2.27. The second-order valence-corrected chi connectivity index (χ2v) is 4.71. The summed E-state index contributed by atoms with van der Waals surface area (Å²) >= 11 is 4.74. The van der Waals surface area contributed by atoms with E-state index in [1.807, 2.05) is 6.92 Å². The van der Waals surface area contributed by atoms with E-state index in [4.69, 9.17) is 17.0 Å². The molecule has 0 aliphatic carbocycles. The number of nitrogens with zero attached hydrogens (tertiary/aromatic N) is 3. The zero-order valence-corrected chi connectivity index (χ0v) is 12.4. The maximum atomic E-state index is 12.7. The molecule has 5 nitrogen and oxygen atoms in total. The highest BCUT2D eigenvalue weighted by Gasteiger charge is 2.37.